The van der Waals surface area contributed by atoms with E-state index in [0.29, 0.717) is 35.6 Å². The van der Waals surface area contributed by atoms with Crippen LogP contribution in [-0.4, -0.2) is 20.4 Å². The molecule has 1 amide bonds. The van der Waals surface area contributed by atoms with Crippen LogP contribution in [-0.2, 0) is 6.54 Å². The molecule has 0 bridgehead atoms. The quantitative estimate of drug-likeness (QED) is 0.434. The predicted octanol–water partition coefficient (Wildman–Crippen LogP) is 4.79. The first-order chi connectivity index (χ1) is 15.6. The molecule has 32 heavy (non-hydrogen) atoms. The number of carbonyl (C=O) groups is 1. The highest BCUT2D eigenvalue weighted by Crippen LogP contribution is 2.33. The smallest absolute Gasteiger partial charge is 0.255 e. The van der Waals surface area contributed by atoms with Gasteiger partial charge in [-0.25, -0.2) is 9.97 Å². The van der Waals surface area contributed by atoms with E-state index in [1.807, 2.05) is 66.2 Å². The summed E-state index contributed by atoms with van der Waals surface area (Å²) in [6.45, 7) is 2.46. The van der Waals surface area contributed by atoms with Crippen molar-refractivity contribution in [3.05, 3.63) is 84.3 Å². The normalized spacial score (nSPS) is 11.3. The van der Waals surface area contributed by atoms with Crippen LogP contribution < -0.4 is 11.1 Å². The van der Waals surface area contributed by atoms with Gasteiger partial charge in [0.05, 0.1) is 11.5 Å². The first-order valence-electron chi connectivity index (χ1n) is 10.2. The summed E-state index contributed by atoms with van der Waals surface area (Å²) in [5.41, 5.74) is 10.8. The molecule has 0 saturated carbocycles. The number of aromatic nitrogens is 3. The number of nitrogen functional groups attached to an aromatic ring is 1. The molecule has 2 aromatic carbocycles. The second-order valence-corrected chi connectivity index (χ2v) is 7.27. The van der Waals surface area contributed by atoms with Crippen LogP contribution in [0.25, 0.3) is 22.2 Å². The van der Waals surface area contributed by atoms with Gasteiger partial charge in [0.1, 0.15) is 17.8 Å². The van der Waals surface area contributed by atoms with Crippen molar-refractivity contribution in [3.63, 3.8) is 0 Å². The molecule has 0 fully saturated rings. The summed E-state index contributed by atoms with van der Waals surface area (Å²) in [4.78, 5) is 21.0. The van der Waals surface area contributed by atoms with E-state index in [0.717, 1.165) is 22.2 Å². The van der Waals surface area contributed by atoms with Gasteiger partial charge in [-0.2, -0.15) is 5.26 Å². The SMILES string of the molecule is CC=C(C#N)CCn1cc(-c2ccc(NC(=O)c3ccccc3)cc2)c2c(N)ncnc21. The fourth-order valence-corrected chi connectivity index (χ4v) is 3.57. The third-order valence-corrected chi connectivity index (χ3v) is 5.29. The zero-order valence-corrected chi connectivity index (χ0v) is 17.6. The zero-order chi connectivity index (χ0) is 22.5. The minimum atomic E-state index is -0.162. The van der Waals surface area contributed by atoms with E-state index in [1.54, 1.807) is 12.1 Å². The Morgan fingerprint density at radius 3 is 2.59 bits per heavy atom. The van der Waals surface area contributed by atoms with Gasteiger partial charge in [-0.1, -0.05) is 36.4 Å². The molecule has 0 spiro atoms. The van der Waals surface area contributed by atoms with Gasteiger partial charge in [0, 0.05) is 41.5 Å². The minimum Gasteiger partial charge on any atom is -0.383 e. The van der Waals surface area contributed by atoms with Gasteiger partial charge in [0.2, 0.25) is 0 Å². The molecular weight excluding hydrogens is 400 g/mol. The number of nitrogens with one attached hydrogen (secondary N) is 1. The lowest BCUT2D eigenvalue weighted by atomic mass is 10.1. The summed E-state index contributed by atoms with van der Waals surface area (Å²) >= 11 is 0. The Morgan fingerprint density at radius 2 is 1.91 bits per heavy atom. The standard InChI is InChI=1S/C25H22N6O/c1-2-17(14-26)12-13-31-15-21(22-23(27)28-16-29-24(22)31)18-8-10-20(11-9-18)30-25(32)19-6-4-3-5-7-19/h2-11,15-16H,12-13H2,1H3,(H,30,32)(H2,27,28,29). The predicted molar refractivity (Wildman–Crippen MR) is 126 cm³/mol. The van der Waals surface area contributed by atoms with Gasteiger partial charge in [-0.05, 0) is 36.8 Å². The fraction of sp³-hybridized carbons (Fsp3) is 0.120. The highest BCUT2D eigenvalue weighted by atomic mass is 16.1. The highest BCUT2D eigenvalue weighted by Gasteiger charge is 2.15. The number of rotatable bonds is 6. The number of carbonyl (C=O) groups excluding carboxylic acids is 1. The van der Waals surface area contributed by atoms with E-state index in [2.05, 4.69) is 21.4 Å². The van der Waals surface area contributed by atoms with Crippen molar-refractivity contribution in [1.82, 2.24) is 14.5 Å². The Hall–Kier alpha value is -4.44. The Labute approximate surface area is 185 Å². The van der Waals surface area contributed by atoms with Crippen molar-refractivity contribution in [2.75, 3.05) is 11.1 Å². The van der Waals surface area contributed by atoms with Crippen LogP contribution in [0.15, 0.2) is 78.8 Å². The van der Waals surface area contributed by atoms with Crippen LogP contribution in [0.5, 0.6) is 0 Å². The van der Waals surface area contributed by atoms with Crippen LogP contribution in [0.1, 0.15) is 23.7 Å². The molecule has 7 nitrogen and oxygen atoms in total. The summed E-state index contributed by atoms with van der Waals surface area (Å²) < 4.78 is 1.99. The van der Waals surface area contributed by atoms with Crippen molar-refractivity contribution in [2.24, 2.45) is 0 Å². The average molecular weight is 422 g/mol. The molecule has 4 rings (SSSR count). The maximum absolute atomic E-state index is 12.4. The Morgan fingerprint density at radius 1 is 1.16 bits per heavy atom. The largest absolute Gasteiger partial charge is 0.383 e. The molecule has 0 aliphatic rings. The van der Waals surface area contributed by atoms with E-state index in [-0.39, 0.29) is 5.91 Å². The summed E-state index contributed by atoms with van der Waals surface area (Å²) in [5, 5.41) is 12.9. The number of nitrogens with two attached hydrogens (primary N) is 1. The highest BCUT2D eigenvalue weighted by molar-refractivity contribution is 6.04. The van der Waals surface area contributed by atoms with Gasteiger partial charge in [0.15, 0.2) is 0 Å². The Kier molecular flexibility index (Phi) is 5.95. The van der Waals surface area contributed by atoms with Crippen LogP contribution >= 0.6 is 0 Å². The van der Waals surface area contributed by atoms with Crippen LogP contribution in [0.3, 0.4) is 0 Å². The monoisotopic (exact) mass is 422 g/mol. The molecule has 3 N–H and O–H groups in total. The van der Waals surface area contributed by atoms with E-state index >= 15 is 0 Å². The molecule has 0 aliphatic carbocycles. The number of nitriles is 1. The molecular formula is C25H22N6O. The third kappa shape index (κ3) is 4.20. The summed E-state index contributed by atoms with van der Waals surface area (Å²) in [6, 6.07) is 18.8. The second-order valence-electron chi connectivity index (χ2n) is 7.27. The lowest BCUT2D eigenvalue weighted by Gasteiger charge is -2.07. The number of benzene rings is 2. The topological polar surface area (TPSA) is 110 Å². The van der Waals surface area contributed by atoms with Crippen molar-refractivity contribution in [2.45, 2.75) is 19.9 Å². The van der Waals surface area contributed by atoms with Crippen molar-refractivity contribution < 1.29 is 4.79 Å². The number of amides is 1. The average Bonchev–Trinajstić information content (AvgIpc) is 3.21. The lowest BCUT2D eigenvalue weighted by Crippen LogP contribution is -2.11. The number of hydrogen-bond donors (Lipinski definition) is 2. The Bertz CT molecular complexity index is 1330. The molecule has 2 aromatic heterocycles. The van der Waals surface area contributed by atoms with Crippen molar-refractivity contribution >= 4 is 28.4 Å². The lowest BCUT2D eigenvalue weighted by molar-refractivity contribution is 0.102. The molecule has 7 heteroatoms. The van der Waals surface area contributed by atoms with Crippen LogP contribution in [0.2, 0.25) is 0 Å². The fourth-order valence-electron chi connectivity index (χ4n) is 3.57. The molecule has 0 saturated heterocycles. The number of fused-ring (bicyclic) bond motifs is 1. The maximum atomic E-state index is 12.4. The van der Waals surface area contributed by atoms with Gasteiger partial charge >= 0.3 is 0 Å². The maximum Gasteiger partial charge on any atom is 0.255 e. The van der Waals surface area contributed by atoms with Crippen LogP contribution in [0, 0.1) is 11.3 Å². The zero-order valence-electron chi connectivity index (χ0n) is 17.6. The third-order valence-electron chi connectivity index (χ3n) is 5.29. The summed E-state index contributed by atoms with van der Waals surface area (Å²) in [6.07, 6.45) is 5.85. The van der Waals surface area contributed by atoms with E-state index in [9.17, 15) is 10.1 Å². The van der Waals surface area contributed by atoms with Gasteiger partial charge < -0.3 is 15.6 Å². The molecule has 2 heterocycles. The number of hydrogen-bond acceptors (Lipinski definition) is 5. The van der Waals surface area contributed by atoms with Gasteiger partial charge in [0.25, 0.3) is 5.91 Å². The van der Waals surface area contributed by atoms with Gasteiger partial charge in [-0.3, -0.25) is 4.79 Å². The van der Waals surface area contributed by atoms with Crippen molar-refractivity contribution in [1.29, 1.82) is 5.26 Å². The molecule has 158 valence electrons. The number of aryl methyl sites for hydroxylation is 1. The van der Waals surface area contributed by atoms with E-state index in [4.69, 9.17) is 5.73 Å². The summed E-state index contributed by atoms with van der Waals surface area (Å²) in [5.74, 6) is 0.238. The van der Waals surface area contributed by atoms with Crippen molar-refractivity contribution in [3.8, 4) is 17.2 Å². The van der Waals surface area contributed by atoms with E-state index < -0.39 is 0 Å². The first-order valence-corrected chi connectivity index (χ1v) is 10.2. The number of anilines is 2. The second kappa shape index (κ2) is 9.14. The Balaban J connectivity index is 1.63. The first kappa shape index (κ1) is 20.8. The molecule has 0 atom stereocenters. The molecule has 0 unspecified atom stereocenters. The minimum absolute atomic E-state index is 0.162. The number of allylic oxidation sites excluding steroid dienone is 2. The van der Waals surface area contributed by atoms with E-state index in [1.165, 1.54) is 6.33 Å². The molecule has 4 aromatic rings. The van der Waals surface area contributed by atoms with Gasteiger partial charge in [-0.15, -0.1) is 0 Å². The number of nitrogens with zero attached hydrogens (tertiary/aromatic N) is 4. The molecule has 0 radical (unpaired) electrons. The van der Waals surface area contributed by atoms with Crippen LogP contribution in [0.4, 0.5) is 11.5 Å². The molecule has 0 aliphatic heterocycles. The summed E-state index contributed by atoms with van der Waals surface area (Å²) in [7, 11) is 0.